The molecule has 1 fully saturated rings. The van der Waals surface area contributed by atoms with Crippen LogP contribution in [0.1, 0.15) is 271 Å². The lowest BCUT2D eigenvalue weighted by molar-refractivity contribution is -0.302. The third-order valence-corrected chi connectivity index (χ3v) is 13.7. The van der Waals surface area contributed by atoms with Crippen molar-refractivity contribution < 1.29 is 39.8 Å². The summed E-state index contributed by atoms with van der Waals surface area (Å²) in [6, 6.07) is -0.717. The van der Waals surface area contributed by atoms with Crippen LogP contribution in [0.4, 0.5) is 0 Å². The lowest BCUT2D eigenvalue weighted by atomic mass is 9.99. The minimum absolute atomic E-state index is 0.136. The second-order valence-electron chi connectivity index (χ2n) is 20.1. The van der Waals surface area contributed by atoms with Gasteiger partial charge in [-0.2, -0.15) is 0 Å². The van der Waals surface area contributed by atoms with E-state index in [0.717, 1.165) is 51.4 Å². The third kappa shape index (κ3) is 37.9. The number of carbonyl (C=O) groups excluding carboxylic acids is 1. The molecule has 0 aromatic rings. The molecular formula is C58H109NO8. The molecule has 7 atom stereocenters. The van der Waals surface area contributed by atoms with Gasteiger partial charge in [0.15, 0.2) is 6.29 Å². The molecule has 1 amide bonds. The lowest BCUT2D eigenvalue weighted by Gasteiger charge is -2.40. The monoisotopic (exact) mass is 948 g/mol. The zero-order chi connectivity index (χ0) is 48.7. The molecular weight excluding hydrogens is 839 g/mol. The molecule has 9 heteroatoms. The molecule has 1 rings (SSSR count). The van der Waals surface area contributed by atoms with E-state index in [1.807, 2.05) is 0 Å². The second kappa shape index (κ2) is 48.1. The van der Waals surface area contributed by atoms with Crippen LogP contribution in [0.15, 0.2) is 36.5 Å². The van der Waals surface area contributed by atoms with Crippen LogP contribution >= 0.6 is 0 Å². The standard InChI is InChI=1S/C58H109NO8/c1-3-5-7-9-11-13-15-17-18-19-20-21-22-23-24-25-26-27-28-29-30-31-32-33-34-36-38-40-42-44-46-48-54(62)59-51(50-66-58-57(65)56(64)55(63)53(49-60)67-58)52(61)47-45-43-41-39-37-35-16-14-12-10-8-6-4-2/h15,17,19-20,22-23,51-53,55-58,60-61,63-65H,3-14,16,18,21,24-50H2,1-2H3,(H,59,62)/b17-15-,20-19-,23-22-. The van der Waals surface area contributed by atoms with E-state index in [-0.39, 0.29) is 12.5 Å². The summed E-state index contributed by atoms with van der Waals surface area (Å²) in [5.41, 5.74) is 0. The molecule has 0 aromatic carbocycles. The number of aliphatic hydroxyl groups is 5. The molecule has 9 nitrogen and oxygen atoms in total. The predicted octanol–water partition coefficient (Wildman–Crippen LogP) is 14.0. The van der Waals surface area contributed by atoms with Gasteiger partial charge in [-0.3, -0.25) is 4.79 Å². The first kappa shape index (κ1) is 63.4. The molecule has 1 aliphatic heterocycles. The summed E-state index contributed by atoms with van der Waals surface area (Å²) >= 11 is 0. The Kier molecular flexibility index (Phi) is 45.5. The summed E-state index contributed by atoms with van der Waals surface area (Å²) in [6.07, 6.45) is 54.6. The second-order valence-corrected chi connectivity index (χ2v) is 20.1. The quantitative estimate of drug-likeness (QED) is 0.0261. The number of hydrogen-bond donors (Lipinski definition) is 6. The van der Waals surface area contributed by atoms with E-state index in [0.29, 0.717) is 12.8 Å². The van der Waals surface area contributed by atoms with Gasteiger partial charge < -0.3 is 40.3 Å². The molecule has 67 heavy (non-hydrogen) atoms. The zero-order valence-electron chi connectivity index (χ0n) is 43.7. The Morgan fingerprint density at radius 3 is 1.30 bits per heavy atom. The van der Waals surface area contributed by atoms with Gasteiger partial charge in [-0.1, -0.05) is 249 Å². The summed E-state index contributed by atoms with van der Waals surface area (Å²) in [4.78, 5) is 13.0. The van der Waals surface area contributed by atoms with Gasteiger partial charge in [0.1, 0.15) is 24.4 Å². The Labute approximate surface area is 412 Å². The molecule has 0 aromatic heterocycles. The Morgan fingerprint density at radius 2 is 0.881 bits per heavy atom. The SMILES string of the molecule is CCCCCCC/C=C\C/C=C\C/C=C\CCCCCCCCCCCCCCCCCCC(=O)NC(COC1OC(CO)C(O)C(O)C1O)C(O)CCCCCCCCCCCCCCC. The topological polar surface area (TPSA) is 149 Å². The van der Waals surface area contributed by atoms with Crippen LogP contribution in [0.25, 0.3) is 0 Å². The van der Waals surface area contributed by atoms with E-state index in [9.17, 15) is 30.3 Å². The van der Waals surface area contributed by atoms with Crippen molar-refractivity contribution in [1.82, 2.24) is 5.32 Å². The summed E-state index contributed by atoms with van der Waals surface area (Å²) in [5, 5.41) is 54.5. The molecule has 0 saturated carbocycles. The Balaban J connectivity index is 2.13. The van der Waals surface area contributed by atoms with Gasteiger partial charge in [-0.05, 0) is 51.4 Å². The summed E-state index contributed by atoms with van der Waals surface area (Å²) in [5.74, 6) is -0.142. The smallest absolute Gasteiger partial charge is 0.220 e. The van der Waals surface area contributed by atoms with Crippen LogP contribution in [0.3, 0.4) is 0 Å². The highest BCUT2D eigenvalue weighted by Gasteiger charge is 2.44. The average molecular weight is 949 g/mol. The van der Waals surface area contributed by atoms with Gasteiger partial charge >= 0.3 is 0 Å². The molecule has 0 radical (unpaired) electrons. The van der Waals surface area contributed by atoms with Gasteiger partial charge in [-0.15, -0.1) is 0 Å². The Bertz CT molecular complexity index is 1150. The number of aliphatic hydroxyl groups excluding tert-OH is 5. The molecule has 7 unspecified atom stereocenters. The van der Waals surface area contributed by atoms with Crippen molar-refractivity contribution >= 4 is 5.91 Å². The Hall–Kier alpha value is -1.59. The van der Waals surface area contributed by atoms with Gasteiger partial charge in [-0.25, -0.2) is 0 Å². The first-order valence-electron chi connectivity index (χ1n) is 28.7. The van der Waals surface area contributed by atoms with Crippen LogP contribution in [0, 0.1) is 0 Å². The van der Waals surface area contributed by atoms with Crippen LogP contribution in [0.2, 0.25) is 0 Å². The maximum absolute atomic E-state index is 13.0. The maximum atomic E-state index is 13.0. The number of ether oxygens (including phenoxy) is 2. The number of rotatable bonds is 49. The highest BCUT2D eigenvalue weighted by Crippen LogP contribution is 2.23. The fourth-order valence-corrected chi connectivity index (χ4v) is 9.17. The first-order valence-corrected chi connectivity index (χ1v) is 28.7. The van der Waals surface area contributed by atoms with Gasteiger partial charge in [0, 0.05) is 6.42 Å². The zero-order valence-corrected chi connectivity index (χ0v) is 43.7. The minimum Gasteiger partial charge on any atom is -0.394 e. The molecule has 394 valence electrons. The highest BCUT2D eigenvalue weighted by atomic mass is 16.7. The fourth-order valence-electron chi connectivity index (χ4n) is 9.17. The van der Waals surface area contributed by atoms with Crippen LogP contribution in [-0.4, -0.2) is 87.5 Å². The van der Waals surface area contributed by atoms with Crippen molar-refractivity contribution in [3.8, 4) is 0 Å². The molecule has 1 saturated heterocycles. The van der Waals surface area contributed by atoms with E-state index >= 15 is 0 Å². The van der Waals surface area contributed by atoms with Crippen molar-refractivity contribution in [1.29, 1.82) is 0 Å². The van der Waals surface area contributed by atoms with E-state index in [1.54, 1.807) is 0 Å². The maximum Gasteiger partial charge on any atom is 0.220 e. The van der Waals surface area contributed by atoms with E-state index in [2.05, 4.69) is 55.6 Å². The van der Waals surface area contributed by atoms with E-state index in [4.69, 9.17) is 9.47 Å². The normalized spacial score (nSPS) is 19.9. The third-order valence-electron chi connectivity index (χ3n) is 13.7. The fraction of sp³-hybridized carbons (Fsp3) is 0.879. The molecule has 1 aliphatic rings. The highest BCUT2D eigenvalue weighted by molar-refractivity contribution is 5.76. The molecule has 1 heterocycles. The molecule has 6 N–H and O–H groups in total. The largest absolute Gasteiger partial charge is 0.394 e. The summed E-state index contributed by atoms with van der Waals surface area (Å²) < 4.78 is 11.3. The van der Waals surface area contributed by atoms with Crippen molar-refractivity contribution in [3.63, 3.8) is 0 Å². The lowest BCUT2D eigenvalue weighted by Crippen LogP contribution is -2.60. The molecule has 0 aliphatic carbocycles. The number of allylic oxidation sites excluding steroid dienone is 6. The van der Waals surface area contributed by atoms with Crippen LogP contribution in [0.5, 0.6) is 0 Å². The average Bonchev–Trinajstić information content (AvgIpc) is 3.33. The van der Waals surface area contributed by atoms with Crippen LogP contribution in [-0.2, 0) is 14.3 Å². The summed E-state index contributed by atoms with van der Waals surface area (Å²) in [7, 11) is 0. The van der Waals surface area contributed by atoms with Crippen LogP contribution < -0.4 is 5.32 Å². The number of nitrogens with one attached hydrogen (secondary N) is 1. The number of hydrogen-bond acceptors (Lipinski definition) is 8. The van der Waals surface area contributed by atoms with Gasteiger partial charge in [0.25, 0.3) is 0 Å². The van der Waals surface area contributed by atoms with Crippen molar-refractivity contribution in [3.05, 3.63) is 36.5 Å². The summed E-state index contributed by atoms with van der Waals surface area (Å²) in [6.45, 7) is 3.84. The van der Waals surface area contributed by atoms with E-state index < -0.39 is 49.5 Å². The predicted molar refractivity (Wildman–Crippen MR) is 281 cm³/mol. The minimum atomic E-state index is -1.55. The van der Waals surface area contributed by atoms with Gasteiger partial charge in [0.05, 0.1) is 25.4 Å². The van der Waals surface area contributed by atoms with Crippen molar-refractivity contribution in [2.45, 2.75) is 314 Å². The number of carbonyl (C=O) groups is 1. The van der Waals surface area contributed by atoms with Crippen molar-refractivity contribution in [2.24, 2.45) is 0 Å². The number of unbranched alkanes of at least 4 members (excludes halogenated alkanes) is 33. The Morgan fingerprint density at radius 1 is 0.507 bits per heavy atom. The van der Waals surface area contributed by atoms with Gasteiger partial charge in [0.2, 0.25) is 5.91 Å². The first-order chi connectivity index (χ1) is 32.8. The molecule has 0 spiro atoms. The van der Waals surface area contributed by atoms with Crippen molar-refractivity contribution in [2.75, 3.05) is 13.2 Å². The number of amides is 1. The van der Waals surface area contributed by atoms with E-state index in [1.165, 1.54) is 193 Å². The molecule has 0 bridgehead atoms.